The maximum absolute atomic E-state index is 13.5. The molecule has 2 aliphatic rings. The number of carboxylic acids is 1. The summed E-state index contributed by atoms with van der Waals surface area (Å²) in [5.74, 6) is -8.87. The number of carbonyl (C=O) groups is 3. The second-order valence-corrected chi connectivity index (χ2v) is 9.43. The number of rotatable bonds is 9. The molecule has 4 rings (SSSR count). The van der Waals surface area contributed by atoms with E-state index >= 15 is 0 Å². The number of fused-ring (bicyclic) bond motifs is 3. The first kappa shape index (κ1) is 24.6. The Balaban J connectivity index is 1.30. The molecule has 35 heavy (non-hydrogen) atoms. The van der Waals surface area contributed by atoms with Gasteiger partial charge in [0.1, 0.15) is 12.5 Å². The number of nitrogens with one attached hydrogen (secondary N) is 2. The number of carboxylic acid groups (broad SMARTS) is 1. The van der Waals surface area contributed by atoms with Crippen LogP contribution in [0.25, 0.3) is 11.1 Å². The summed E-state index contributed by atoms with van der Waals surface area (Å²) in [5, 5.41) is 13.9. The first-order valence-corrected chi connectivity index (χ1v) is 11.6. The second kappa shape index (κ2) is 9.64. The molecule has 2 aliphatic carbocycles. The number of ether oxygens (including phenoxy) is 1. The fourth-order valence-electron chi connectivity index (χ4n) is 4.72. The van der Waals surface area contributed by atoms with Gasteiger partial charge in [0, 0.05) is 24.9 Å². The molecule has 7 nitrogen and oxygen atoms in total. The van der Waals surface area contributed by atoms with Gasteiger partial charge in [0.05, 0.1) is 5.92 Å². The van der Waals surface area contributed by atoms with E-state index in [0.29, 0.717) is 0 Å². The van der Waals surface area contributed by atoms with E-state index in [1.54, 1.807) is 0 Å². The Bertz CT molecular complexity index is 1090. The lowest BCUT2D eigenvalue weighted by molar-refractivity contribution is -0.141. The molecule has 0 heterocycles. The zero-order chi connectivity index (χ0) is 25.3. The molecule has 1 saturated carbocycles. The molecule has 0 bridgehead atoms. The minimum absolute atomic E-state index is 0.101. The molecule has 2 aromatic carbocycles. The van der Waals surface area contributed by atoms with Crippen molar-refractivity contribution >= 4 is 18.0 Å². The molecule has 2 aromatic rings. The van der Waals surface area contributed by atoms with Gasteiger partial charge in [0.25, 0.3) is 5.92 Å². The highest BCUT2D eigenvalue weighted by atomic mass is 19.3. The van der Waals surface area contributed by atoms with Crippen molar-refractivity contribution in [1.29, 1.82) is 0 Å². The van der Waals surface area contributed by atoms with Crippen molar-refractivity contribution in [2.24, 2.45) is 17.8 Å². The maximum Gasteiger partial charge on any atom is 0.407 e. The van der Waals surface area contributed by atoms with Gasteiger partial charge in [0.2, 0.25) is 5.91 Å². The number of alkyl carbamates (subject to hydrolysis) is 1. The van der Waals surface area contributed by atoms with Crippen LogP contribution in [-0.4, -0.2) is 48.2 Å². The van der Waals surface area contributed by atoms with E-state index < -0.39 is 48.3 Å². The van der Waals surface area contributed by atoms with Gasteiger partial charge >= 0.3 is 12.1 Å². The van der Waals surface area contributed by atoms with Crippen LogP contribution in [0, 0.1) is 17.8 Å². The Morgan fingerprint density at radius 3 is 2.11 bits per heavy atom. The number of aliphatic carboxylic acids is 1. The molecule has 0 spiro atoms. The monoisotopic (exact) mass is 486 g/mol. The van der Waals surface area contributed by atoms with Crippen molar-refractivity contribution in [1.82, 2.24) is 10.6 Å². The average molecular weight is 487 g/mol. The number of carbonyl (C=O) groups excluding carboxylic acids is 2. The van der Waals surface area contributed by atoms with Crippen molar-refractivity contribution in [3.8, 4) is 11.1 Å². The standard InChI is InChI=1S/C26H28F2N2O5/c1-14(2)21(11-22(31)29-12-20-23(24(32)33)26(20,27)28)30-25(34)35-13-19-17-9-5-3-7-15(17)16-8-4-6-10-18(16)19/h3-10,14,19-21,23H,11-13H2,1-2H3,(H,29,31)(H,30,34)(H,32,33)/t20?,21-,23?/m1/s1. The lowest BCUT2D eigenvalue weighted by atomic mass is 9.98. The largest absolute Gasteiger partial charge is 0.481 e. The van der Waals surface area contributed by atoms with Crippen molar-refractivity contribution in [3.05, 3.63) is 59.7 Å². The van der Waals surface area contributed by atoms with Crippen LogP contribution < -0.4 is 10.6 Å². The van der Waals surface area contributed by atoms with Crippen LogP contribution in [0.15, 0.2) is 48.5 Å². The molecule has 186 valence electrons. The first-order valence-electron chi connectivity index (χ1n) is 11.6. The SMILES string of the molecule is CC(C)[C@@H](CC(=O)NCC1C(C(=O)O)C1(F)F)NC(=O)OCC1c2ccccc2-c2ccccc21. The number of hydrogen-bond donors (Lipinski definition) is 3. The number of amides is 2. The van der Waals surface area contributed by atoms with E-state index in [9.17, 15) is 23.2 Å². The molecule has 0 radical (unpaired) electrons. The summed E-state index contributed by atoms with van der Waals surface area (Å²) in [7, 11) is 0. The molecule has 1 fully saturated rings. The Labute approximate surface area is 201 Å². The van der Waals surface area contributed by atoms with Gasteiger partial charge in [-0.3, -0.25) is 9.59 Å². The molecule has 0 aliphatic heterocycles. The number of alkyl halides is 2. The Morgan fingerprint density at radius 2 is 1.60 bits per heavy atom. The normalized spacial score (nSPS) is 20.5. The number of hydrogen-bond acceptors (Lipinski definition) is 4. The Kier molecular flexibility index (Phi) is 6.78. The molecule has 2 amide bonds. The van der Waals surface area contributed by atoms with Gasteiger partial charge in [-0.15, -0.1) is 0 Å². The predicted octanol–water partition coefficient (Wildman–Crippen LogP) is 4.02. The van der Waals surface area contributed by atoms with E-state index in [4.69, 9.17) is 9.84 Å². The highest BCUT2D eigenvalue weighted by molar-refractivity contribution is 5.80. The van der Waals surface area contributed by atoms with Crippen LogP contribution in [0.2, 0.25) is 0 Å². The lowest BCUT2D eigenvalue weighted by Gasteiger charge is -2.22. The van der Waals surface area contributed by atoms with Crippen molar-refractivity contribution < 1.29 is 33.0 Å². The summed E-state index contributed by atoms with van der Waals surface area (Å²) in [5.41, 5.74) is 4.39. The summed E-state index contributed by atoms with van der Waals surface area (Å²) in [6, 6.07) is 15.4. The zero-order valence-electron chi connectivity index (χ0n) is 19.5. The van der Waals surface area contributed by atoms with Gasteiger partial charge in [-0.25, -0.2) is 13.6 Å². The highest BCUT2D eigenvalue weighted by Crippen LogP contribution is 2.54. The van der Waals surface area contributed by atoms with Crippen molar-refractivity contribution in [2.45, 2.75) is 38.2 Å². The lowest BCUT2D eigenvalue weighted by Crippen LogP contribution is -2.43. The van der Waals surface area contributed by atoms with E-state index in [0.717, 1.165) is 22.3 Å². The van der Waals surface area contributed by atoms with Crippen LogP contribution in [0.1, 0.15) is 37.3 Å². The Hall–Kier alpha value is -3.49. The Morgan fingerprint density at radius 1 is 1.03 bits per heavy atom. The van der Waals surface area contributed by atoms with E-state index in [2.05, 4.69) is 10.6 Å². The van der Waals surface area contributed by atoms with Gasteiger partial charge in [-0.1, -0.05) is 62.4 Å². The summed E-state index contributed by atoms with van der Waals surface area (Å²) in [4.78, 5) is 35.7. The predicted molar refractivity (Wildman–Crippen MR) is 124 cm³/mol. The molecule has 2 unspecified atom stereocenters. The van der Waals surface area contributed by atoms with Gasteiger partial charge in [0.15, 0.2) is 0 Å². The van der Waals surface area contributed by atoms with Gasteiger partial charge in [-0.2, -0.15) is 0 Å². The highest BCUT2D eigenvalue weighted by Gasteiger charge is 2.72. The summed E-state index contributed by atoms with van der Waals surface area (Å²) < 4.78 is 32.6. The fourth-order valence-corrected chi connectivity index (χ4v) is 4.72. The zero-order valence-corrected chi connectivity index (χ0v) is 19.5. The third-order valence-corrected chi connectivity index (χ3v) is 6.84. The summed E-state index contributed by atoms with van der Waals surface area (Å²) in [6.07, 6.45) is -0.809. The summed E-state index contributed by atoms with van der Waals surface area (Å²) in [6.45, 7) is 3.33. The molecule has 3 N–H and O–H groups in total. The summed E-state index contributed by atoms with van der Waals surface area (Å²) >= 11 is 0. The quantitative estimate of drug-likeness (QED) is 0.497. The van der Waals surface area contributed by atoms with Crippen molar-refractivity contribution in [2.75, 3.05) is 13.2 Å². The minimum Gasteiger partial charge on any atom is -0.481 e. The molecule has 3 atom stereocenters. The smallest absolute Gasteiger partial charge is 0.407 e. The molecule has 9 heteroatoms. The molecule has 0 aromatic heterocycles. The van der Waals surface area contributed by atoms with Crippen LogP contribution in [0.3, 0.4) is 0 Å². The third kappa shape index (κ3) is 4.99. The van der Waals surface area contributed by atoms with E-state index in [-0.39, 0.29) is 24.9 Å². The van der Waals surface area contributed by atoms with E-state index in [1.807, 2.05) is 62.4 Å². The topological polar surface area (TPSA) is 105 Å². The molecular formula is C26H28F2N2O5. The average Bonchev–Trinajstić information content (AvgIpc) is 3.23. The van der Waals surface area contributed by atoms with E-state index in [1.165, 1.54) is 0 Å². The molecule has 0 saturated heterocycles. The van der Waals surface area contributed by atoms with Crippen molar-refractivity contribution in [3.63, 3.8) is 0 Å². The van der Waals surface area contributed by atoms with Crippen LogP contribution >= 0.6 is 0 Å². The third-order valence-electron chi connectivity index (χ3n) is 6.84. The number of benzene rings is 2. The van der Waals surface area contributed by atoms with Gasteiger partial charge in [-0.05, 0) is 28.2 Å². The van der Waals surface area contributed by atoms with Crippen LogP contribution in [-0.2, 0) is 14.3 Å². The minimum atomic E-state index is -3.32. The fraction of sp³-hybridized carbons (Fsp3) is 0.423. The van der Waals surface area contributed by atoms with Gasteiger partial charge < -0.3 is 20.5 Å². The molecular weight excluding hydrogens is 458 g/mol. The van der Waals surface area contributed by atoms with Crippen LogP contribution in [0.4, 0.5) is 13.6 Å². The second-order valence-electron chi connectivity index (χ2n) is 9.43. The first-order chi connectivity index (χ1) is 16.6. The maximum atomic E-state index is 13.5. The number of halogens is 2. The van der Waals surface area contributed by atoms with Crippen LogP contribution in [0.5, 0.6) is 0 Å².